The van der Waals surface area contributed by atoms with Gasteiger partial charge in [-0.2, -0.15) is 5.10 Å². The second-order valence-electron chi connectivity index (χ2n) is 2.57. The maximum atomic E-state index is 10.5. The zero-order valence-corrected chi connectivity index (χ0v) is 7.99. The van der Waals surface area contributed by atoms with Crippen LogP contribution < -0.4 is 9.88 Å². The number of hydrogen-bond donors (Lipinski definition) is 1. The van der Waals surface area contributed by atoms with E-state index < -0.39 is 10.0 Å². The van der Waals surface area contributed by atoms with Crippen LogP contribution in [-0.2, 0) is 17.1 Å². The number of sulfonamides is 1. The molecule has 13 heavy (non-hydrogen) atoms. The summed E-state index contributed by atoms with van der Waals surface area (Å²) >= 11 is 0. The van der Waals surface area contributed by atoms with Gasteiger partial charge in [-0.25, -0.2) is 13.6 Å². The highest BCUT2D eigenvalue weighted by atomic mass is 32.2. The molecule has 1 aromatic rings. The van der Waals surface area contributed by atoms with Crippen molar-refractivity contribution >= 4 is 10.0 Å². The molecule has 1 heterocycles. The highest BCUT2D eigenvalue weighted by Crippen LogP contribution is 2.06. The Labute approximate surface area is 76.3 Å². The molecule has 0 aliphatic rings. The highest BCUT2D eigenvalue weighted by molar-refractivity contribution is 7.89. The molecule has 0 aliphatic heterocycles. The van der Waals surface area contributed by atoms with Crippen molar-refractivity contribution in [3.05, 3.63) is 12.4 Å². The molecular weight excluding hydrogens is 194 g/mol. The predicted molar refractivity (Wildman–Crippen MR) is 46.7 cm³/mol. The summed E-state index contributed by atoms with van der Waals surface area (Å²) in [5, 5.41) is 8.62. The molecule has 0 bridgehead atoms. The average molecular weight is 205 g/mol. The number of primary sulfonamides is 1. The quantitative estimate of drug-likeness (QED) is 0.689. The summed E-state index contributed by atoms with van der Waals surface area (Å²) in [7, 11) is -1.70. The molecule has 0 radical (unpaired) electrons. The van der Waals surface area contributed by atoms with Crippen molar-refractivity contribution in [2.45, 2.75) is 0 Å². The Morgan fingerprint density at radius 2 is 2.38 bits per heavy atom. The van der Waals surface area contributed by atoms with Crippen molar-refractivity contribution in [2.75, 3.05) is 12.4 Å². The molecule has 0 atom stereocenters. The first-order valence-corrected chi connectivity index (χ1v) is 5.31. The van der Waals surface area contributed by atoms with Gasteiger partial charge in [0.05, 0.1) is 18.1 Å². The van der Waals surface area contributed by atoms with Gasteiger partial charge < -0.3 is 4.74 Å². The Kier molecular flexibility index (Phi) is 2.89. The van der Waals surface area contributed by atoms with E-state index in [2.05, 4.69) is 5.10 Å². The zero-order chi connectivity index (χ0) is 9.90. The Morgan fingerprint density at radius 3 is 2.85 bits per heavy atom. The number of aryl methyl sites for hydroxylation is 1. The molecule has 1 aromatic heterocycles. The standard InChI is InChI=1S/C6H11N3O3S/c1-9-5-6(4-8-9)12-2-3-13(7,10)11/h4-5H,2-3H2,1H3,(H2,7,10,11). The van der Waals surface area contributed by atoms with Gasteiger partial charge >= 0.3 is 0 Å². The summed E-state index contributed by atoms with van der Waals surface area (Å²) in [5.74, 6) is 0.341. The van der Waals surface area contributed by atoms with Gasteiger partial charge in [0.1, 0.15) is 6.61 Å². The van der Waals surface area contributed by atoms with E-state index in [1.165, 1.54) is 6.20 Å². The highest BCUT2D eigenvalue weighted by Gasteiger charge is 2.03. The summed E-state index contributed by atoms with van der Waals surface area (Å²) in [6.45, 7) is 0.0462. The fourth-order valence-electron chi connectivity index (χ4n) is 0.749. The van der Waals surface area contributed by atoms with Gasteiger partial charge in [-0.1, -0.05) is 0 Å². The van der Waals surface area contributed by atoms with Crippen molar-refractivity contribution in [3.63, 3.8) is 0 Å². The lowest BCUT2D eigenvalue weighted by Crippen LogP contribution is -2.21. The van der Waals surface area contributed by atoms with E-state index in [-0.39, 0.29) is 12.4 Å². The van der Waals surface area contributed by atoms with Crippen LogP contribution in [0.5, 0.6) is 5.75 Å². The average Bonchev–Trinajstić information content (AvgIpc) is 2.33. The first-order chi connectivity index (χ1) is 5.97. The Hall–Kier alpha value is -1.08. The number of nitrogens with two attached hydrogens (primary N) is 1. The molecule has 1 rings (SSSR count). The van der Waals surface area contributed by atoms with Crippen LogP contribution in [0.15, 0.2) is 12.4 Å². The van der Waals surface area contributed by atoms with Gasteiger partial charge in [0.25, 0.3) is 0 Å². The lowest BCUT2D eigenvalue weighted by atomic mass is 10.6. The third-order valence-electron chi connectivity index (χ3n) is 1.32. The molecule has 0 fully saturated rings. The molecule has 7 heteroatoms. The first kappa shape index (κ1) is 10.0. The minimum absolute atomic E-state index is 0.0462. The molecule has 0 aliphatic carbocycles. The number of nitrogens with zero attached hydrogens (tertiary/aromatic N) is 2. The Balaban J connectivity index is 2.36. The van der Waals surface area contributed by atoms with E-state index in [1.54, 1.807) is 17.9 Å². The predicted octanol–water partition coefficient (Wildman–Crippen LogP) is -0.913. The van der Waals surface area contributed by atoms with Crippen molar-refractivity contribution < 1.29 is 13.2 Å². The molecule has 0 unspecified atom stereocenters. The maximum Gasteiger partial charge on any atom is 0.212 e. The summed E-state index contributed by atoms with van der Waals surface area (Å²) in [4.78, 5) is 0. The number of aromatic nitrogens is 2. The van der Waals surface area contributed by atoms with Crippen molar-refractivity contribution in [3.8, 4) is 5.75 Å². The zero-order valence-electron chi connectivity index (χ0n) is 7.17. The fraction of sp³-hybridized carbons (Fsp3) is 0.500. The maximum absolute atomic E-state index is 10.5. The van der Waals surface area contributed by atoms with E-state index in [4.69, 9.17) is 9.88 Å². The van der Waals surface area contributed by atoms with E-state index >= 15 is 0 Å². The summed E-state index contributed by atoms with van der Waals surface area (Å²) in [6, 6.07) is 0. The second-order valence-corrected chi connectivity index (χ2v) is 4.30. The van der Waals surface area contributed by atoms with Crippen LogP contribution in [0.2, 0.25) is 0 Å². The largest absolute Gasteiger partial charge is 0.489 e. The minimum Gasteiger partial charge on any atom is -0.489 e. The smallest absolute Gasteiger partial charge is 0.212 e. The third-order valence-corrected chi connectivity index (χ3v) is 2.05. The second kappa shape index (κ2) is 3.75. The molecule has 0 saturated carbocycles. The molecule has 2 N–H and O–H groups in total. The van der Waals surface area contributed by atoms with Crippen LogP contribution in [0.3, 0.4) is 0 Å². The minimum atomic E-state index is -3.44. The van der Waals surface area contributed by atoms with Crippen molar-refractivity contribution in [2.24, 2.45) is 12.2 Å². The van der Waals surface area contributed by atoms with Crippen LogP contribution in [0.1, 0.15) is 0 Å². The van der Waals surface area contributed by atoms with E-state index in [9.17, 15) is 8.42 Å². The third kappa shape index (κ3) is 3.90. The van der Waals surface area contributed by atoms with Gasteiger partial charge in [0.2, 0.25) is 10.0 Å². The van der Waals surface area contributed by atoms with Crippen LogP contribution in [0.4, 0.5) is 0 Å². The van der Waals surface area contributed by atoms with Crippen LogP contribution in [0, 0.1) is 0 Å². The molecule has 0 amide bonds. The van der Waals surface area contributed by atoms with Crippen LogP contribution in [-0.4, -0.2) is 30.6 Å². The van der Waals surface area contributed by atoms with Crippen LogP contribution in [0.25, 0.3) is 0 Å². The molecule has 0 aromatic carbocycles. The Bertz CT molecular complexity index is 370. The molecular formula is C6H11N3O3S. The van der Waals surface area contributed by atoms with Gasteiger partial charge in [0.15, 0.2) is 5.75 Å². The van der Waals surface area contributed by atoms with Gasteiger partial charge in [0, 0.05) is 7.05 Å². The van der Waals surface area contributed by atoms with E-state index in [1.807, 2.05) is 0 Å². The monoisotopic (exact) mass is 205 g/mol. The van der Waals surface area contributed by atoms with Gasteiger partial charge in [-0.15, -0.1) is 0 Å². The summed E-state index contributed by atoms with van der Waals surface area (Å²) in [5.41, 5.74) is 0. The van der Waals surface area contributed by atoms with E-state index in [0.717, 1.165) is 0 Å². The number of hydrogen-bond acceptors (Lipinski definition) is 4. The molecule has 74 valence electrons. The SMILES string of the molecule is Cn1cc(OCCS(N)(=O)=O)cn1. The Morgan fingerprint density at radius 1 is 1.69 bits per heavy atom. The van der Waals surface area contributed by atoms with Crippen LogP contribution >= 0.6 is 0 Å². The first-order valence-electron chi connectivity index (χ1n) is 3.59. The molecule has 0 saturated heterocycles. The van der Waals surface area contributed by atoms with Gasteiger partial charge in [-0.05, 0) is 0 Å². The van der Waals surface area contributed by atoms with Crippen molar-refractivity contribution in [1.82, 2.24) is 9.78 Å². The number of rotatable bonds is 4. The fourth-order valence-corrected chi connectivity index (χ4v) is 1.06. The molecule has 0 spiro atoms. The lowest BCUT2D eigenvalue weighted by molar-refractivity contribution is 0.340. The number of ether oxygens (including phenoxy) is 1. The van der Waals surface area contributed by atoms with Gasteiger partial charge in [-0.3, -0.25) is 4.68 Å². The summed E-state index contributed by atoms with van der Waals surface area (Å²) < 4.78 is 27.6. The normalized spacial score (nSPS) is 11.5. The van der Waals surface area contributed by atoms with Crippen molar-refractivity contribution in [1.29, 1.82) is 0 Å². The molecule has 6 nitrogen and oxygen atoms in total. The van der Waals surface area contributed by atoms with E-state index in [0.29, 0.717) is 5.75 Å². The topological polar surface area (TPSA) is 87.2 Å². The lowest BCUT2D eigenvalue weighted by Gasteiger charge is -2.00. The summed E-state index contributed by atoms with van der Waals surface area (Å²) in [6.07, 6.45) is 3.15.